The Morgan fingerprint density at radius 2 is 1.76 bits per heavy atom. The molecule has 0 radical (unpaired) electrons. The molecule has 0 bridgehead atoms. The zero-order chi connectivity index (χ0) is 26.6. The molecule has 4 aromatic rings. The summed E-state index contributed by atoms with van der Waals surface area (Å²) < 4.78 is 27.0. The summed E-state index contributed by atoms with van der Waals surface area (Å²) in [6, 6.07) is 13.7. The summed E-state index contributed by atoms with van der Waals surface area (Å²) in [7, 11) is 0. The molecule has 0 spiro atoms. The van der Waals surface area contributed by atoms with Crippen molar-refractivity contribution < 1.29 is 33.1 Å². The topological polar surface area (TPSA) is 101 Å². The minimum Gasteiger partial charge on any atom is -0.858 e. The number of anilines is 1. The van der Waals surface area contributed by atoms with E-state index in [1.807, 2.05) is 13.0 Å². The van der Waals surface area contributed by atoms with E-state index in [9.17, 15) is 19.1 Å². The second kappa shape index (κ2) is 8.84. The van der Waals surface area contributed by atoms with Crippen LogP contribution in [0.1, 0.15) is 23.7 Å². The van der Waals surface area contributed by atoms with Crippen molar-refractivity contribution in [2.24, 2.45) is 0 Å². The molecular formula is C28H21FN4O5. The lowest BCUT2D eigenvalue weighted by Gasteiger charge is -2.16. The molecule has 2 amide bonds. The number of carbonyl (C=O) groups is 2. The van der Waals surface area contributed by atoms with Crippen molar-refractivity contribution in [3.05, 3.63) is 89.6 Å². The van der Waals surface area contributed by atoms with Gasteiger partial charge in [0.25, 0.3) is 11.6 Å². The zero-order valence-corrected chi connectivity index (χ0v) is 20.5. The van der Waals surface area contributed by atoms with E-state index in [0.29, 0.717) is 29.3 Å². The highest BCUT2D eigenvalue weighted by Crippen LogP contribution is 2.41. The SMILES string of the molecule is CCc1nn(-c2ccc(F)cc2)c([O-])c1C1=C([n+]2cccc(C)c2)C(=O)N(c2ccc3c(c2)OCO3)C1=O. The molecule has 0 N–H and O–H groups in total. The third-order valence-corrected chi connectivity index (χ3v) is 6.45. The van der Waals surface area contributed by atoms with Gasteiger partial charge in [-0.3, -0.25) is 9.59 Å². The van der Waals surface area contributed by atoms with Crippen LogP contribution in [0.25, 0.3) is 17.0 Å². The van der Waals surface area contributed by atoms with Crippen LogP contribution in [0.4, 0.5) is 10.1 Å². The number of aryl methyl sites for hydroxylation is 2. The highest BCUT2D eigenvalue weighted by Gasteiger charge is 2.47. The Balaban J connectivity index is 1.57. The molecule has 10 heteroatoms. The van der Waals surface area contributed by atoms with Crippen molar-refractivity contribution in [1.82, 2.24) is 9.78 Å². The second-order valence-corrected chi connectivity index (χ2v) is 8.86. The maximum absolute atomic E-state index is 14.0. The van der Waals surface area contributed by atoms with Gasteiger partial charge >= 0.3 is 5.91 Å². The lowest BCUT2D eigenvalue weighted by Crippen LogP contribution is -2.39. The van der Waals surface area contributed by atoms with Gasteiger partial charge in [0.1, 0.15) is 11.4 Å². The van der Waals surface area contributed by atoms with Gasteiger partial charge in [0.2, 0.25) is 6.79 Å². The summed E-state index contributed by atoms with van der Waals surface area (Å²) in [4.78, 5) is 29.0. The Labute approximate surface area is 216 Å². The number of nitrogens with zero attached hydrogens (tertiary/aromatic N) is 4. The number of hydrogen-bond donors (Lipinski definition) is 0. The minimum atomic E-state index is -0.664. The highest BCUT2D eigenvalue weighted by atomic mass is 19.1. The van der Waals surface area contributed by atoms with Crippen LogP contribution in [0.3, 0.4) is 0 Å². The summed E-state index contributed by atoms with van der Waals surface area (Å²) in [5.74, 6) is -1.39. The predicted molar refractivity (Wildman–Crippen MR) is 132 cm³/mol. The van der Waals surface area contributed by atoms with E-state index >= 15 is 0 Å². The molecule has 2 aliphatic rings. The third kappa shape index (κ3) is 3.61. The maximum atomic E-state index is 14.0. The van der Waals surface area contributed by atoms with E-state index in [1.54, 1.807) is 48.1 Å². The van der Waals surface area contributed by atoms with Gasteiger partial charge in [-0.1, -0.05) is 6.92 Å². The summed E-state index contributed by atoms with van der Waals surface area (Å²) in [5.41, 5.74) is 1.81. The van der Waals surface area contributed by atoms with Gasteiger partial charge in [0, 0.05) is 23.3 Å². The molecule has 0 aliphatic carbocycles. The largest absolute Gasteiger partial charge is 0.858 e. The second-order valence-electron chi connectivity index (χ2n) is 8.86. The summed E-state index contributed by atoms with van der Waals surface area (Å²) >= 11 is 0. The fourth-order valence-corrected chi connectivity index (χ4v) is 4.68. The van der Waals surface area contributed by atoms with E-state index in [0.717, 1.165) is 15.1 Å². The zero-order valence-electron chi connectivity index (χ0n) is 20.5. The average molecular weight is 512 g/mol. The fraction of sp³-hybridized carbons (Fsp3) is 0.143. The van der Waals surface area contributed by atoms with Crippen LogP contribution in [0.5, 0.6) is 17.4 Å². The van der Waals surface area contributed by atoms with Gasteiger partial charge in [0.15, 0.2) is 23.9 Å². The molecule has 9 nitrogen and oxygen atoms in total. The van der Waals surface area contributed by atoms with Crippen LogP contribution in [0, 0.1) is 12.7 Å². The number of rotatable bonds is 5. The van der Waals surface area contributed by atoms with Crippen LogP contribution in [-0.2, 0) is 16.0 Å². The van der Waals surface area contributed by atoms with E-state index in [4.69, 9.17) is 9.47 Å². The number of aromatic nitrogens is 3. The van der Waals surface area contributed by atoms with Gasteiger partial charge in [-0.25, -0.2) is 14.0 Å². The van der Waals surface area contributed by atoms with Crippen LogP contribution < -0.4 is 24.0 Å². The van der Waals surface area contributed by atoms with Gasteiger partial charge in [0.05, 0.1) is 17.1 Å². The van der Waals surface area contributed by atoms with Crippen LogP contribution >= 0.6 is 0 Å². The summed E-state index contributed by atoms with van der Waals surface area (Å²) in [5, 5.41) is 18.2. The Morgan fingerprint density at radius 1 is 1.03 bits per heavy atom. The molecule has 38 heavy (non-hydrogen) atoms. The Hall–Kier alpha value is -4.99. The molecule has 6 rings (SSSR count). The smallest absolute Gasteiger partial charge is 0.331 e. The minimum absolute atomic E-state index is 0.0295. The number of pyridine rings is 1. The molecule has 0 saturated heterocycles. The number of benzene rings is 2. The first-order valence-electron chi connectivity index (χ1n) is 11.9. The maximum Gasteiger partial charge on any atom is 0.331 e. The van der Waals surface area contributed by atoms with Crippen LogP contribution in [0.2, 0.25) is 0 Å². The van der Waals surface area contributed by atoms with Crippen LogP contribution in [0.15, 0.2) is 67.0 Å². The normalized spacial score (nSPS) is 14.7. The number of carbonyl (C=O) groups excluding carboxylic acids is 2. The van der Waals surface area contributed by atoms with E-state index in [2.05, 4.69) is 5.10 Å². The van der Waals surface area contributed by atoms with Crippen molar-refractivity contribution >= 4 is 28.8 Å². The van der Waals surface area contributed by atoms with Gasteiger partial charge in [-0.2, -0.15) is 9.67 Å². The lowest BCUT2D eigenvalue weighted by molar-refractivity contribution is -0.577. The van der Waals surface area contributed by atoms with Gasteiger partial charge in [-0.05, 0) is 61.7 Å². The molecule has 190 valence electrons. The average Bonchev–Trinajstić information content (AvgIpc) is 3.57. The first kappa shape index (κ1) is 23.4. The van der Waals surface area contributed by atoms with E-state index in [1.165, 1.54) is 24.3 Å². The molecule has 4 heterocycles. The van der Waals surface area contributed by atoms with Gasteiger partial charge in [-0.15, -0.1) is 0 Å². The number of imide groups is 1. The quantitative estimate of drug-likeness (QED) is 0.301. The highest BCUT2D eigenvalue weighted by molar-refractivity contribution is 6.53. The Kier molecular flexibility index (Phi) is 5.45. The molecule has 2 aliphatic heterocycles. The first-order chi connectivity index (χ1) is 18.4. The monoisotopic (exact) mass is 512 g/mol. The molecule has 0 unspecified atom stereocenters. The van der Waals surface area contributed by atoms with Crippen molar-refractivity contribution in [2.75, 3.05) is 11.7 Å². The predicted octanol–water partition coefficient (Wildman–Crippen LogP) is 2.91. The summed E-state index contributed by atoms with van der Waals surface area (Å²) in [6.45, 7) is 3.70. The molecule has 2 aromatic heterocycles. The standard InChI is InChI=1S/C28H21FN4O5/c1-3-20-23(27(35)33(30-20)18-8-6-17(29)7-9-18)24-25(31-12-4-5-16(2)14-31)28(36)32(26(24)34)19-10-11-21-22(13-19)38-15-37-21/h4-14H,3,15H2,1-2H3. The van der Waals surface area contributed by atoms with E-state index in [-0.39, 0.29) is 29.3 Å². The molecule has 0 atom stereocenters. The van der Waals surface area contributed by atoms with Crippen LogP contribution in [-0.4, -0.2) is 28.4 Å². The van der Waals surface area contributed by atoms with Crippen molar-refractivity contribution in [1.29, 1.82) is 0 Å². The number of hydrogen-bond acceptors (Lipinski definition) is 6. The lowest BCUT2D eigenvalue weighted by atomic mass is 10.0. The van der Waals surface area contributed by atoms with Crippen molar-refractivity contribution in [3.63, 3.8) is 0 Å². The summed E-state index contributed by atoms with van der Waals surface area (Å²) in [6.07, 6.45) is 3.68. The number of ether oxygens (including phenoxy) is 2. The molecule has 0 saturated carbocycles. The fourth-order valence-electron chi connectivity index (χ4n) is 4.68. The number of fused-ring (bicyclic) bond motifs is 1. The Morgan fingerprint density at radius 3 is 2.50 bits per heavy atom. The number of halogens is 1. The molecule has 2 aromatic carbocycles. The number of amides is 2. The molecular weight excluding hydrogens is 491 g/mol. The van der Waals surface area contributed by atoms with E-state index < -0.39 is 23.5 Å². The van der Waals surface area contributed by atoms with Crippen molar-refractivity contribution in [3.8, 4) is 23.1 Å². The van der Waals surface area contributed by atoms with Crippen molar-refractivity contribution in [2.45, 2.75) is 20.3 Å². The third-order valence-electron chi connectivity index (χ3n) is 6.45. The molecule has 0 fully saturated rings. The Bertz CT molecular complexity index is 1660. The van der Waals surface area contributed by atoms with Gasteiger partial charge < -0.3 is 14.6 Å². The first-order valence-corrected chi connectivity index (χ1v) is 11.9.